The van der Waals surface area contributed by atoms with Crippen LogP contribution in [0, 0.1) is 0 Å². The Balaban J connectivity index is 2.73. The second-order valence-electron chi connectivity index (χ2n) is 2.24. The minimum atomic E-state index is -3.56. The zero-order chi connectivity index (χ0) is 9.19. The molecule has 0 bridgehead atoms. The van der Waals surface area contributed by atoms with E-state index in [1.165, 1.54) is 6.08 Å². The molecule has 0 aliphatic carbocycles. The molecule has 1 rings (SSSR count). The summed E-state index contributed by atoms with van der Waals surface area (Å²) in [4.78, 5) is 0. The molecule has 2 N–H and O–H groups in total. The molecule has 0 aromatic heterocycles. The number of nitrogens with zero attached hydrogens (tertiary/aromatic N) is 1. The van der Waals surface area contributed by atoms with E-state index in [-0.39, 0.29) is 11.6 Å². The van der Waals surface area contributed by atoms with Crippen LogP contribution < -0.4 is 5.73 Å². The predicted molar refractivity (Wildman–Crippen MR) is 45.1 cm³/mol. The third-order valence-corrected chi connectivity index (χ3v) is 2.49. The number of hydrogen-bond acceptors (Lipinski definition) is 4. The zero-order valence-corrected chi connectivity index (χ0v) is 7.47. The normalized spacial score (nSPS) is 20.4. The van der Waals surface area contributed by atoms with Gasteiger partial charge in [0, 0.05) is 6.61 Å². The highest BCUT2D eigenvalue weighted by Gasteiger charge is 2.20. The van der Waals surface area contributed by atoms with Gasteiger partial charge in [-0.15, -0.1) is 0 Å². The molecule has 12 heavy (non-hydrogen) atoms. The molecule has 0 fully saturated rings. The molecule has 1 aliphatic heterocycles. The third-order valence-electron chi connectivity index (χ3n) is 1.30. The molecule has 0 unspecified atom stereocenters. The fourth-order valence-electron chi connectivity index (χ4n) is 0.747. The average molecular weight is 190 g/mol. The van der Waals surface area contributed by atoms with E-state index in [0.29, 0.717) is 12.3 Å². The van der Waals surface area contributed by atoms with Gasteiger partial charge in [-0.05, 0) is 13.0 Å². The van der Waals surface area contributed by atoms with Gasteiger partial charge in [0.1, 0.15) is 0 Å². The summed E-state index contributed by atoms with van der Waals surface area (Å²) in [7, 11) is -3.56. The van der Waals surface area contributed by atoms with Crippen LogP contribution in [0.15, 0.2) is 15.5 Å². The molecular formula is C6H10N2O3S. The summed E-state index contributed by atoms with van der Waals surface area (Å²) >= 11 is 0. The fraction of sp³-hybridized carbons (Fsp3) is 0.500. The molecule has 0 radical (unpaired) electrons. The van der Waals surface area contributed by atoms with E-state index in [9.17, 15) is 8.42 Å². The molecular weight excluding hydrogens is 180 g/mol. The number of hydrogen-bond donors (Lipinski definition) is 1. The van der Waals surface area contributed by atoms with Crippen LogP contribution in [0.1, 0.15) is 6.92 Å². The van der Waals surface area contributed by atoms with Gasteiger partial charge in [0.2, 0.25) is 0 Å². The summed E-state index contributed by atoms with van der Waals surface area (Å²) in [5.41, 5.74) is 5.53. The Bertz CT molecular complexity index is 329. The van der Waals surface area contributed by atoms with Crippen molar-refractivity contribution in [3.63, 3.8) is 0 Å². The van der Waals surface area contributed by atoms with Gasteiger partial charge in [-0.1, -0.05) is 0 Å². The Morgan fingerprint density at radius 2 is 2.33 bits per heavy atom. The van der Waals surface area contributed by atoms with Crippen LogP contribution in [0.2, 0.25) is 0 Å². The van der Waals surface area contributed by atoms with Crippen LogP contribution in [0.5, 0.6) is 0 Å². The lowest BCUT2D eigenvalue weighted by Crippen LogP contribution is -2.04. The van der Waals surface area contributed by atoms with Crippen molar-refractivity contribution >= 4 is 15.7 Å². The quantitative estimate of drug-likeness (QED) is 0.657. The Labute approximate surface area is 71.0 Å². The van der Waals surface area contributed by atoms with E-state index in [1.54, 1.807) is 0 Å². The minimum Gasteiger partial charge on any atom is -0.388 e. The molecule has 68 valence electrons. The molecule has 0 aromatic carbocycles. The zero-order valence-electron chi connectivity index (χ0n) is 6.65. The molecule has 0 aromatic rings. The molecule has 0 saturated heterocycles. The fourth-order valence-corrected chi connectivity index (χ4v) is 1.55. The van der Waals surface area contributed by atoms with Crippen molar-refractivity contribution in [1.82, 2.24) is 0 Å². The van der Waals surface area contributed by atoms with Gasteiger partial charge in [-0.3, -0.25) is 0 Å². The largest absolute Gasteiger partial charge is 0.388 e. The van der Waals surface area contributed by atoms with Gasteiger partial charge in [0.05, 0.1) is 12.3 Å². The average Bonchev–Trinajstić information content (AvgIpc) is 2.22. The number of rotatable bonds is 3. The van der Waals surface area contributed by atoms with Gasteiger partial charge in [0.15, 0.2) is 5.03 Å². The summed E-state index contributed by atoms with van der Waals surface area (Å²) in [5.74, 6) is 0. The maximum absolute atomic E-state index is 10.9. The van der Waals surface area contributed by atoms with Crippen molar-refractivity contribution in [3.05, 3.63) is 11.1 Å². The molecule has 1 aliphatic rings. The molecule has 5 nitrogen and oxygen atoms in total. The van der Waals surface area contributed by atoms with Crippen LogP contribution in [-0.4, -0.2) is 27.3 Å². The van der Waals surface area contributed by atoms with Crippen LogP contribution in [0.3, 0.4) is 0 Å². The van der Waals surface area contributed by atoms with Crippen molar-refractivity contribution in [2.75, 3.05) is 13.2 Å². The highest BCUT2D eigenvalue weighted by Crippen LogP contribution is 2.11. The van der Waals surface area contributed by atoms with Crippen LogP contribution in [0.4, 0.5) is 0 Å². The maximum Gasteiger partial charge on any atom is 0.297 e. The molecule has 0 atom stereocenters. The topological polar surface area (TPSA) is 81.8 Å². The summed E-state index contributed by atoms with van der Waals surface area (Å²) < 4.78 is 30.1. The first-order valence-corrected chi connectivity index (χ1v) is 4.89. The third kappa shape index (κ3) is 1.83. The minimum absolute atomic E-state index is 0.191. The Kier molecular flexibility index (Phi) is 2.49. The highest BCUT2D eigenvalue weighted by atomic mass is 32.2. The Morgan fingerprint density at radius 1 is 1.67 bits per heavy atom. The van der Waals surface area contributed by atoms with Crippen LogP contribution in [0.25, 0.3) is 0 Å². The van der Waals surface area contributed by atoms with Crippen molar-refractivity contribution in [1.29, 1.82) is 0 Å². The highest BCUT2D eigenvalue weighted by molar-refractivity contribution is 7.94. The summed E-state index contributed by atoms with van der Waals surface area (Å²) in [6.07, 6.45) is 1.31. The van der Waals surface area contributed by atoms with E-state index in [0.717, 1.165) is 0 Å². The van der Waals surface area contributed by atoms with E-state index < -0.39 is 10.0 Å². The van der Waals surface area contributed by atoms with Crippen molar-refractivity contribution < 1.29 is 13.2 Å². The second kappa shape index (κ2) is 3.24. The second-order valence-corrected chi connectivity index (χ2v) is 3.85. The molecule has 1 heterocycles. The summed E-state index contributed by atoms with van der Waals surface area (Å²) in [6.45, 7) is 2.53. The van der Waals surface area contributed by atoms with E-state index in [2.05, 4.69) is 4.40 Å². The van der Waals surface area contributed by atoms with E-state index in [1.807, 2.05) is 6.92 Å². The van der Waals surface area contributed by atoms with Crippen molar-refractivity contribution in [2.45, 2.75) is 6.92 Å². The first-order chi connectivity index (χ1) is 5.56. The van der Waals surface area contributed by atoms with Gasteiger partial charge in [-0.2, -0.15) is 12.8 Å². The predicted octanol–water partition coefficient (Wildman–Crippen LogP) is -0.393. The Hall–Kier alpha value is -0.880. The van der Waals surface area contributed by atoms with Crippen molar-refractivity contribution in [2.24, 2.45) is 10.1 Å². The number of sulfonamides is 1. The van der Waals surface area contributed by atoms with Gasteiger partial charge in [0.25, 0.3) is 10.0 Å². The number of nitrogens with two attached hydrogens (primary N) is 1. The summed E-state index contributed by atoms with van der Waals surface area (Å²) in [6, 6.07) is 0. The smallest absolute Gasteiger partial charge is 0.297 e. The van der Waals surface area contributed by atoms with Gasteiger partial charge < -0.3 is 10.5 Å². The maximum atomic E-state index is 10.9. The molecule has 0 amide bonds. The van der Waals surface area contributed by atoms with Crippen LogP contribution >= 0.6 is 0 Å². The molecule has 0 saturated carbocycles. The van der Waals surface area contributed by atoms with Crippen LogP contribution in [-0.2, 0) is 14.8 Å². The first kappa shape index (κ1) is 9.21. The lowest BCUT2D eigenvalue weighted by Gasteiger charge is -1.95. The van der Waals surface area contributed by atoms with Gasteiger partial charge >= 0.3 is 0 Å². The van der Waals surface area contributed by atoms with E-state index >= 15 is 0 Å². The van der Waals surface area contributed by atoms with Gasteiger partial charge in [-0.25, -0.2) is 0 Å². The lowest BCUT2D eigenvalue weighted by atomic mass is 10.4. The van der Waals surface area contributed by atoms with E-state index in [4.69, 9.17) is 10.5 Å². The van der Waals surface area contributed by atoms with Crippen molar-refractivity contribution in [3.8, 4) is 0 Å². The lowest BCUT2D eigenvalue weighted by molar-refractivity contribution is 0.188. The Morgan fingerprint density at radius 3 is 2.75 bits per heavy atom. The monoisotopic (exact) mass is 190 g/mol. The standard InChI is InChI=1S/C6H10N2O3S/c1-2-11-4-5-3-6(7)12(9,10)8-5/h3H,2,4,7H2,1H3. The SMILES string of the molecule is CCOCC1=NS(=O)(=O)C(N)=C1. The molecule has 0 spiro atoms. The first-order valence-electron chi connectivity index (χ1n) is 3.45. The summed E-state index contributed by atoms with van der Waals surface area (Å²) in [5, 5.41) is -0.211. The molecule has 6 heteroatoms. The number of ether oxygens (including phenoxy) is 1.